The van der Waals surface area contributed by atoms with Crippen LogP contribution in [-0.2, 0) is 6.54 Å². The van der Waals surface area contributed by atoms with E-state index in [1.54, 1.807) is 0 Å². The summed E-state index contributed by atoms with van der Waals surface area (Å²) < 4.78 is 0. The monoisotopic (exact) mass is 267 g/mol. The van der Waals surface area contributed by atoms with E-state index in [1.807, 2.05) is 0 Å². The van der Waals surface area contributed by atoms with E-state index in [4.69, 9.17) is 12.2 Å². The molecular formula is C11H13N3O3S. The topological polar surface area (TPSA) is 87.4 Å². The Morgan fingerprint density at radius 3 is 2.89 bits per heavy atom. The number of nitro benzene ring substituents is 1. The zero-order valence-electron chi connectivity index (χ0n) is 9.55. The maximum atomic E-state index is 10.6. The molecule has 18 heavy (non-hydrogen) atoms. The van der Waals surface area contributed by atoms with Crippen LogP contribution in [0.3, 0.4) is 0 Å². The molecule has 1 aliphatic rings. The number of nitrogens with zero attached hydrogens (tertiary/aromatic N) is 1. The summed E-state index contributed by atoms with van der Waals surface area (Å²) in [4.78, 5) is 10.1. The Hall–Kier alpha value is -1.89. The van der Waals surface area contributed by atoms with Crippen LogP contribution < -0.4 is 10.6 Å². The van der Waals surface area contributed by atoms with Crippen LogP contribution in [0.25, 0.3) is 0 Å². The summed E-state index contributed by atoms with van der Waals surface area (Å²) in [5.41, 5.74) is 0.398. The van der Waals surface area contributed by atoms with Crippen LogP contribution in [0.2, 0.25) is 0 Å². The molecule has 0 radical (unpaired) electrons. The van der Waals surface area contributed by atoms with Gasteiger partial charge in [-0.25, -0.2) is 0 Å². The molecule has 1 aromatic carbocycles. The molecule has 1 aliphatic carbocycles. The number of nitrogens with one attached hydrogen (secondary N) is 2. The zero-order valence-corrected chi connectivity index (χ0v) is 10.4. The van der Waals surface area contributed by atoms with Crippen LogP contribution in [0.5, 0.6) is 5.75 Å². The third-order valence-corrected chi connectivity index (χ3v) is 2.89. The molecule has 0 saturated heterocycles. The van der Waals surface area contributed by atoms with Gasteiger partial charge in [-0.1, -0.05) is 0 Å². The molecule has 7 heteroatoms. The number of aromatic hydroxyl groups is 1. The van der Waals surface area contributed by atoms with Crippen molar-refractivity contribution in [1.82, 2.24) is 10.6 Å². The van der Waals surface area contributed by atoms with Crippen LogP contribution in [-0.4, -0.2) is 21.2 Å². The quantitative estimate of drug-likeness (QED) is 0.434. The number of nitro groups is 1. The second-order valence-electron chi connectivity index (χ2n) is 4.17. The normalized spacial score (nSPS) is 14.0. The van der Waals surface area contributed by atoms with E-state index in [2.05, 4.69) is 10.6 Å². The maximum absolute atomic E-state index is 10.6. The first-order chi connectivity index (χ1) is 8.56. The van der Waals surface area contributed by atoms with Crippen LogP contribution in [0.1, 0.15) is 18.4 Å². The second kappa shape index (κ2) is 5.18. The van der Waals surface area contributed by atoms with E-state index in [1.165, 1.54) is 18.2 Å². The molecule has 0 aliphatic heterocycles. The molecule has 1 fully saturated rings. The van der Waals surface area contributed by atoms with Crippen molar-refractivity contribution in [2.45, 2.75) is 25.4 Å². The highest BCUT2D eigenvalue weighted by atomic mass is 32.1. The van der Waals surface area contributed by atoms with Crippen molar-refractivity contribution < 1.29 is 10.0 Å². The Bertz CT molecular complexity index is 488. The summed E-state index contributed by atoms with van der Waals surface area (Å²) in [7, 11) is 0. The number of benzene rings is 1. The predicted molar refractivity (Wildman–Crippen MR) is 70.4 cm³/mol. The number of thiocarbonyl (C=S) groups is 1. The third kappa shape index (κ3) is 3.30. The van der Waals surface area contributed by atoms with Crippen molar-refractivity contribution in [3.63, 3.8) is 0 Å². The lowest BCUT2D eigenvalue weighted by Gasteiger charge is -2.10. The van der Waals surface area contributed by atoms with Crippen molar-refractivity contribution >= 4 is 23.0 Å². The van der Waals surface area contributed by atoms with Gasteiger partial charge >= 0.3 is 0 Å². The minimum absolute atomic E-state index is 0.0160. The average molecular weight is 267 g/mol. The minimum atomic E-state index is -0.496. The van der Waals surface area contributed by atoms with Crippen LogP contribution in [0, 0.1) is 10.1 Å². The second-order valence-corrected chi connectivity index (χ2v) is 4.58. The highest BCUT2D eigenvalue weighted by Gasteiger charge is 2.21. The first kappa shape index (κ1) is 12.6. The standard InChI is InChI=1S/C11H13N3O3S/c15-10-4-3-9(14(16)17)5-7(10)6-12-11(18)13-8-1-2-8/h3-5,8,15H,1-2,6H2,(H2,12,13,18). The summed E-state index contributed by atoms with van der Waals surface area (Å²) in [6.07, 6.45) is 2.23. The van der Waals surface area contributed by atoms with Gasteiger partial charge in [0.05, 0.1) is 4.92 Å². The number of non-ortho nitro benzene ring substituents is 1. The number of rotatable bonds is 4. The van der Waals surface area contributed by atoms with Crippen molar-refractivity contribution in [3.8, 4) is 5.75 Å². The predicted octanol–water partition coefficient (Wildman–Crippen LogP) is 1.43. The van der Waals surface area contributed by atoms with E-state index in [0.717, 1.165) is 12.8 Å². The van der Waals surface area contributed by atoms with Crippen molar-refractivity contribution in [2.75, 3.05) is 0 Å². The van der Waals surface area contributed by atoms with E-state index >= 15 is 0 Å². The highest BCUT2D eigenvalue weighted by Crippen LogP contribution is 2.23. The lowest BCUT2D eigenvalue weighted by atomic mass is 10.2. The smallest absolute Gasteiger partial charge is 0.270 e. The summed E-state index contributed by atoms with van der Waals surface area (Å²) in [5.74, 6) is 0.0160. The number of hydrogen-bond acceptors (Lipinski definition) is 4. The lowest BCUT2D eigenvalue weighted by molar-refractivity contribution is -0.384. The Labute approximate surface area is 109 Å². The van der Waals surface area contributed by atoms with E-state index < -0.39 is 4.92 Å². The van der Waals surface area contributed by atoms with Gasteiger partial charge in [-0.15, -0.1) is 0 Å². The van der Waals surface area contributed by atoms with E-state index in [9.17, 15) is 15.2 Å². The molecule has 0 bridgehead atoms. The molecule has 0 unspecified atom stereocenters. The van der Waals surface area contributed by atoms with Gasteiger partial charge in [-0.2, -0.15) is 0 Å². The molecule has 6 nitrogen and oxygen atoms in total. The molecule has 0 aromatic heterocycles. The van der Waals surface area contributed by atoms with Gasteiger partial charge in [0.1, 0.15) is 5.75 Å². The molecule has 0 amide bonds. The molecule has 3 N–H and O–H groups in total. The molecule has 0 spiro atoms. The Morgan fingerprint density at radius 2 is 2.28 bits per heavy atom. The third-order valence-electron chi connectivity index (χ3n) is 2.63. The fourth-order valence-electron chi connectivity index (χ4n) is 1.47. The van der Waals surface area contributed by atoms with E-state index in [-0.39, 0.29) is 18.0 Å². The Balaban J connectivity index is 1.96. The van der Waals surface area contributed by atoms with Crippen LogP contribution in [0.15, 0.2) is 18.2 Å². The number of phenolic OH excluding ortho intramolecular Hbond substituents is 1. The van der Waals surface area contributed by atoms with Gasteiger partial charge in [-0.3, -0.25) is 10.1 Å². The Morgan fingerprint density at radius 1 is 1.56 bits per heavy atom. The van der Waals surface area contributed by atoms with Gasteiger partial charge in [0.15, 0.2) is 5.11 Å². The SMILES string of the molecule is O=[N+]([O-])c1ccc(O)c(CNC(=S)NC2CC2)c1. The summed E-state index contributed by atoms with van der Waals surface area (Å²) in [6, 6.07) is 4.36. The number of phenols is 1. The average Bonchev–Trinajstić information content (AvgIpc) is 3.11. The fourth-order valence-corrected chi connectivity index (χ4v) is 1.71. The molecule has 0 atom stereocenters. The molecule has 0 heterocycles. The van der Waals surface area contributed by atoms with Crippen LogP contribution in [0.4, 0.5) is 5.69 Å². The first-order valence-corrected chi connectivity index (χ1v) is 5.98. The van der Waals surface area contributed by atoms with Crippen molar-refractivity contribution in [1.29, 1.82) is 0 Å². The maximum Gasteiger partial charge on any atom is 0.270 e. The number of hydrogen-bond donors (Lipinski definition) is 3. The summed E-state index contributed by atoms with van der Waals surface area (Å²) >= 11 is 5.06. The molecule has 96 valence electrons. The molecular weight excluding hydrogens is 254 g/mol. The first-order valence-electron chi connectivity index (χ1n) is 5.57. The van der Waals surface area contributed by atoms with Gasteiger partial charge in [0, 0.05) is 30.3 Å². The minimum Gasteiger partial charge on any atom is -0.508 e. The summed E-state index contributed by atoms with van der Waals surface area (Å²) in [5, 5.41) is 26.7. The van der Waals surface area contributed by atoms with Crippen molar-refractivity contribution in [2.24, 2.45) is 0 Å². The largest absolute Gasteiger partial charge is 0.508 e. The lowest BCUT2D eigenvalue weighted by Crippen LogP contribution is -2.36. The molecule has 1 saturated carbocycles. The van der Waals surface area contributed by atoms with Crippen LogP contribution >= 0.6 is 12.2 Å². The van der Waals surface area contributed by atoms with Gasteiger partial charge in [0.2, 0.25) is 0 Å². The van der Waals surface area contributed by atoms with Gasteiger partial charge in [-0.05, 0) is 31.1 Å². The molecule has 2 rings (SSSR count). The summed E-state index contributed by atoms with van der Waals surface area (Å²) in [6.45, 7) is 0.256. The zero-order chi connectivity index (χ0) is 13.1. The Kier molecular flexibility index (Phi) is 3.61. The molecule has 1 aromatic rings. The highest BCUT2D eigenvalue weighted by molar-refractivity contribution is 7.80. The fraction of sp³-hybridized carbons (Fsp3) is 0.364. The van der Waals surface area contributed by atoms with Gasteiger partial charge < -0.3 is 15.7 Å². The van der Waals surface area contributed by atoms with E-state index in [0.29, 0.717) is 16.7 Å². The van der Waals surface area contributed by atoms with Gasteiger partial charge in [0.25, 0.3) is 5.69 Å². The van der Waals surface area contributed by atoms with Crippen molar-refractivity contribution in [3.05, 3.63) is 33.9 Å².